The summed E-state index contributed by atoms with van der Waals surface area (Å²) < 4.78 is 11.8. The maximum absolute atomic E-state index is 13.0. The molecular formula is C36H44N2O4. The van der Waals surface area contributed by atoms with Crippen LogP contribution in [0.4, 0.5) is 11.4 Å². The fraction of sp³-hybridized carbons (Fsp3) is 0.389. The molecule has 2 N–H and O–H groups in total. The van der Waals surface area contributed by atoms with Crippen LogP contribution in [-0.2, 0) is 9.59 Å². The maximum atomic E-state index is 13.0. The van der Waals surface area contributed by atoms with Gasteiger partial charge in [-0.15, -0.1) is 0 Å². The third-order valence-electron chi connectivity index (χ3n) is 7.38. The molecule has 0 amide bonds. The number of fused-ring (bicyclic) bond motifs is 1. The molecule has 0 fully saturated rings. The molecule has 0 radical (unpaired) electrons. The fourth-order valence-electron chi connectivity index (χ4n) is 5.01. The highest BCUT2D eigenvalue weighted by molar-refractivity contribution is 6.23. The Balaban J connectivity index is 1.39. The van der Waals surface area contributed by atoms with Crippen LogP contribution < -0.4 is 20.1 Å². The minimum atomic E-state index is -0.207. The van der Waals surface area contributed by atoms with Gasteiger partial charge in [-0.2, -0.15) is 0 Å². The van der Waals surface area contributed by atoms with Crippen LogP contribution in [0.3, 0.4) is 0 Å². The molecule has 0 saturated heterocycles. The molecule has 4 rings (SSSR count). The smallest absolute Gasteiger partial charge is 0.188 e. The lowest BCUT2D eigenvalue weighted by molar-refractivity contribution is -0.114. The van der Waals surface area contributed by atoms with E-state index in [9.17, 15) is 9.59 Å². The van der Waals surface area contributed by atoms with Crippen molar-refractivity contribution in [2.45, 2.75) is 78.1 Å². The molecule has 0 bridgehead atoms. The standard InChI is InChI=1S/C36H44N2O4/c1-3-5-7-9-11-25-41-29-17-13-27(14-18-29)37-31-21-23-34(40)36-32(22-24-33(39)35(31)36)38-28-15-19-30(20-16-28)42-26-12-10-8-6-4-2/h13-24,37-38H,3-12,25-26H2,1-2H3. The van der Waals surface area contributed by atoms with E-state index in [2.05, 4.69) is 24.5 Å². The van der Waals surface area contributed by atoms with Gasteiger partial charge in [0.05, 0.1) is 35.8 Å². The van der Waals surface area contributed by atoms with Gasteiger partial charge < -0.3 is 20.1 Å². The number of allylic oxidation sites excluding steroid dienone is 6. The van der Waals surface area contributed by atoms with Crippen LogP contribution in [0.5, 0.6) is 11.5 Å². The number of carbonyl (C=O) groups is 2. The first-order chi connectivity index (χ1) is 20.6. The summed E-state index contributed by atoms with van der Waals surface area (Å²) in [6.45, 7) is 5.83. The van der Waals surface area contributed by atoms with E-state index in [1.165, 1.54) is 63.5 Å². The maximum Gasteiger partial charge on any atom is 0.188 e. The Kier molecular flexibility index (Phi) is 12.1. The lowest BCUT2D eigenvalue weighted by atomic mass is 9.86. The second-order valence-electron chi connectivity index (χ2n) is 10.8. The van der Waals surface area contributed by atoms with Crippen LogP contribution in [0, 0.1) is 0 Å². The van der Waals surface area contributed by atoms with Gasteiger partial charge in [0, 0.05) is 11.4 Å². The number of rotatable bonds is 18. The van der Waals surface area contributed by atoms with E-state index in [1.807, 2.05) is 48.5 Å². The highest BCUT2D eigenvalue weighted by Crippen LogP contribution is 2.32. The summed E-state index contributed by atoms with van der Waals surface area (Å²) in [7, 11) is 0. The Hall–Kier alpha value is -4.06. The van der Waals surface area contributed by atoms with Gasteiger partial charge in [0.25, 0.3) is 0 Å². The molecular weight excluding hydrogens is 524 g/mol. The minimum absolute atomic E-state index is 0.207. The monoisotopic (exact) mass is 568 g/mol. The molecule has 222 valence electrons. The van der Waals surface area contributed by atoms with E-state index in [-0.39, 0.29) is 11.6 Å². The van der Waals surface area contributed by atoms with Gasteiger partial charge in [-0.25, -0.2) is 0 Å². The number of anilines is 2. The second-order valence-corrected chi connectivity index (χ2v) is 10.8. The normalized spacial score (nSPS) is 14.3. The predicted molar refractivity (Wildman–Crippen MR) is 171 cm³/mol. The van der Waals surface area contributed by atoms with Crippen LogP contribution in [0.25, 0.3) is 0 Å². The first kappa shape index (κ1) is 30.9. The van der Waals surface area contributed by atoms with Gasteiger partial charge >= 0.3 is 0 Å². The first-order valence-electron chi connectivity index (χ1n) is 15.5. The summed E-state index contributed by atoms with van der Waals surface area (Å²) in [5.41, 5.74) is 3.52. The van der Waals surface area contributed by atoms with Crippen molar-refractivity contribution < 1.29 is 19.1 Å². The summed E-state index contributed by atoms with van der Waals surface area (Å²) >= 11 is 0. The number of carbonyl (C=O) groups excluding carboxylic acids is 2. The van der Waals surface area contributed by atoms with Crippen molar-refractivity contribution in [3.63, 3.8) is 0 Å². The Labute approximate surface area is 250 Å². The molecule has 0 unspecified atom stereocenters. The number of unbranched alkanes of at least 4 members (excludes halogenated alkanes) is 8. The quantitative estimate of drug-likeness (QED) is 0.175. The predicted octanol–water partition coefficient (Wildman–Crippen LogP) is 8.70. The van der Waals surface area contributed by atoms with E-state index < -0.39 is 0 Å². The molecule has 6 nitrogen and oxygen atoms in total. The van der Waals surface area contributed by atoms with Crippen LogP contribution >= 0.6 is 0 Å². The molecule has 0 atom stereocenters. The number of ether oxygens (including phenoxy) is 2. The van der Waals surface area contributed by atoms with E-state index in [1.54, 1.807) is 12.2 Å². The third kappa shape index (κ3) is 8.97. The summed E-state index contributed by atoms with van der Waals surface area (Å²) in [4.78, 5) is 26.0. The van der Waals surface area contributed by atoms with Crippen molar-refractivity contribution >= 4 is 22.9 Å². The molecule has 2 aliphatic carbocycles. The van der Waals surface area contributed by atoms with Crippen molar-refractivity contribution in [2.75, 3.05) is 23.8 Å². The van der Waals surface area contributed by atoms with Crippen LogP contribution in [0.2, 0.25) is 0 Å². The number of hydrogen-bond donors (Lipinski definition) is 2. The average molecular weight is 569 g/mol. The first-order valence-corrected chi connectivity index (χ1v) is 15.5. The van der Waals surface area contributed by atoms with Gasteiger partial charge in [0.1, 0.15) is 11.5 Å². The topological polar surface area (TPSA) is 76.7 Å². The van der Waals surface area contributed by atoms with Crippen molar-refractivity contribution in [1.29, 1.82) is 0 Å². The van der Waals surface area contributed by atoms with Gasteiger partial charge in [-0.1, -0.05) is 65.2 Å². The largest absolute Gasteiger partial charge is 0.494 e. The minimum Gasteiger partial charge on any atom is -0.494 e. The fourth-order valence-corrected chi connectivity index (χ4v) is 5.01. The number of nitrogens with one attached hydrogen (secondary N) is 2. The van der Waals surface area contributed by atoms with Crippen molar-refractivity contribution in [3.05, 3.63) is 95.4 Å². The Bertz CT molecular complexity index is 1210. The average Bonchev–Trinajstić information content (AvgIpc) is 3.01. The Morgan fingerprint density at radius 2 is 0.881 bits per heavy atom. The van der Waals surface area contributed by atoms with Crippen molar-refractivity contribution in [2.24, 2.45) is 0 Å². The highest BCUT2D eigenvalue weighted by Gasteiger charge is 2.30. The Morgan fingerprint density at radius 3 is 1.26 bits per heavy atom. The second kappa shape index (κ2) is 16.4. The molecule has 42 heavy (non-hydrogen) atoms. The molecule has 0 spiro atoms. The lowest BCUT2D eigenvalue weighted by Gasteiger charge is -2.23. The Morgan fingerprint density at radius 1 is 0.500 bits per heavy atom. The lowest BCUT2D eigenvalue weighted by Crippen LogP contribution is -2.24. The van der Waals surface area contributed by atoms with Gasteiger partial charge in [0.2, 0.25) is 0 Å². The summed E-state index contributed by atoms with van der Waals surface area (Å²) in [6.07, 6.45) is 18.3. The summed E-state index contributed by atoms with van der Waals surface area (Å²) in [5.74, 6) is 1.22. The molecule has 0 heterocycles. The zero-order valence-electron chi connectivity index (χ0n) is 25.0. The SMILES string of the molecule is CCCCCCCOc1ccc(NC2=C3C(=O)C=CC(Nc4ccc(OCCCCCCC)cc4)=C3C(=O)C=C2)cc1. The van der Waals surface area contributed by atoms with Crippen molar-refractivity contribution in [3.8, 4) is 11.5 Å². The molecule has 6 heteroatoms. The highest BCUT2D eigenvalue weighted by atomic mass is 16.5. The molecule has 2 aliphatic rings. The van der Waals surface area contributed by atoms with E-state index in [0.717, 1.165) is 35.7 Å². The van der Waals surface area contributed by atoms with Gasteiger partial charge in [-0.3, -0.25) is 9.59 Å². The molecule has 0 saturated carbocycles. The molecule has 2 aromatic carbocycles. The molecule has 0 aromatic heterocycles. The van der Waals surface area contributed by atoms with Crippen LogP contribution in [-0.4, -0.2) is 24.8 Å². The summed E-state index contributed by atoms with van der Waals surface area (Å²) in [6, 6.07) is 15.4. The molecule has 0 aliphatic heterocycles. The van der Waals surface area contributed by atoms with E-state index in [0.29, 0.717) is 35.8 Å². The van der Waals surface area contributed by atoms with Crippen molar-refractivity contribution in [1.82, 2.24) is 0 Å². The zero-order chi connectivity index (χ0) is 29.6. The molecule has 2 aromatic rings. The number of hydrogen-bond acceptors (Lipinski definition) is 6. The zero-order valence-corrected chi connectivity index (χ0v) is 25.0. The van der Waals surface area contributed by atoms with E-state index in [4.69, 9.17) is 9.47 Å². The third-order valence-corrected chi connectivity index (χ3v) is 7.38. The van der Waals surface area contributed by atoms with Crippen LogP contribution in [0.15, 0.2) is 95.4 Å². The van der Waals surface area contributed by atoms with Gasteiger partial charge in [0.15, 0.2) is 11.6 Å². The summed E-state index contributed by atoms with van der Waals surface area (Å²) in [5, 5.41) is 6.66. The van der Waals surface area contributed by atoms with Crippen LogP contribution in [0.1, 0.15) is 78.1 Å². The number of benzene rings is 2. The van der Waals surface area contributed by atoms with Gasteiger partial charge in [-0.05, 0) is 85.7 Å². The number of ketones is 2. The van der Waals surface area contributed by atoms with E-state index >= 15 is 0 Å².